The molecule has 4 heteroatoms. The smallest absolute Gasteiger partial charge is 0.337 e. The molecule has 0 aliphatic rings. The minimum atomic E-state index is -1.05. The monoisotopic (exact) mass is 341 g/mol. The van der Waals surface area contributed by atoms with Crippen molar-refractivity contribution in [1.82, 2.24) is 4.57 Å². The van der Waals surface area contributed by atoms with Crippen LogP contribution in [-0.2, 0) is 0 Å². The quantitative estimate of drug-likeness (QED) is 0.588. The lowest BCUT2D eigenvalue weighted by molar-refractivity contribution is 0.0699. The van der Waals surface area contributed by atoms with E-state index in [-0.39, 0.29) is 11.5 Å². The number of carboxylic acids is 1. The number of fused-ring (bicyclic) bond motifs is 1. The minimum Gasteiger partial charge on any atom is -0.478 e. The number of benzene rings is 3. The van der Waals surface area contributed by atoms with E-state index in [4.69, 9.17) is 0 Å². The SMILES string of the molecule is O=C(O)c1cn(C(=O)c2ccc(-c3ccccc3)cc2)c2ccccc12. The second-order valence-corrected chi connectivity index (χ2v) is 5.98. The molecule has 1 N–H and O–H groups in total. The molecule has 3 aromatic carbocycles. The summed E-state index contributed by atoms with van der Waals surface area (Å²) in [5, 5.41) is 9.94. The summed E-state index contributed by atoms with van der Waals surface area (Å²) in [6.07, 6.45) is 1.39. The van der Waals surface area contributed by atoms with E-state index in [0.717, 1.165) is 11.1 Å². The number of nitrogens with zero attached hydrogens (tertiary/aromatic N) is 1. The van der Waals surface area contributed by atoms with Crippen LogP contribution in [0, 0.1) is 0 Å². The summed E-state index contributed by atoms with van der Waals surface area (Å²) in [5.74, 6) is -1.31. The molecule has 0 unspecified atom stereocenters. The summed E-state index contributed by atoms with van der Waals surface area (Å²) in [5.41, 5.74) is 3.30. The van der Waals surface area contributed by atoms with Crippen LogP contribution in [0.15, 0.2) is 85.1 Å². The van der Waals surface area contributed by atoms with Gasteiger partial charge in [0.25, 0.3) is 5.91 Å². The Morgan fingerprint density at radius 1 is 0.731 bits per heavy atom. The van der Waals surface area contributed by atoms with Crippen LogP contribution in [0.25, 0.3) is 22.0 Å². The van der Waals surface area contributed by atoms with E-state index in [1.54, 1.807) is 36.4 Å². The zero-order valence-electron chi connectivity index (χ0n) is 13.8. The normalized spacial score (nSPS) is 10.8. The van der Waals surface area contributed by atoms with Crippen molar-refractivity contribution in [2.24, 2.45) is 0 Å². The molecule has 0 fully saturated rings. The predicted octanol–water partition coefficient (Wildman–Crippen LogP) is 4.70. The first-order valence-electron chi connectivity index (χ1n) is 8.19. The Bertz CT molecular complexity index is 1110. The summed E-state index contributed by atoms with van der Waals surface area (Å²) >= 11 is 0. The molecular weight excluding hydrogens is 326 g/mol. The van der Waals surface area contributed by atoms with Crippen LogP contribution in [0.2, 0.25) is 0 Å². The number of carboxylic acid groups (broad SMARTS) is 1. The molecule has 0 saturated heterocycles. The van der Waals surface area contributed by atoms with Crippen molar-refractivity contribution in [2.45, 2.75) is 0 Å². The molecule has 0 aliphatic heterocycles. The van der Waals surface area contributed by atoms with Crippen LogP contribution >= 0.6 is 0 Å². The average Bonchev–Trinajstić information content (AvgIpc) is 3.08. The van der Waals surface area contributed by atoms with E-state index in [2.05, 4.69) is 0 Å². The lowest BCUT2D eigenvalue weighted by Gasteiger charge is -2.06. The van der Waals surface area contributed by atoms with Crippen molar-refractivity contribution in [3.05, 3.63) is 96.2 Å². The summed E-state index contributed by atoms with van der Waals surface area (Å²) in [6, 6.07) is 24.2. The van der Waals surface area contributed by atoms with Crippen LogP contribution in [0.1, 0.15) is 20.7 Å². The number of hydrogen-bond donors (Lipinski definition) is 1. The van der Waals surface area contributed by atoms with Gasteiger partial charge in [-0.1, -0.05) is 60.7 Å². The fourth-order valence-corrected chi connectivity index (χ4v) is 3.09. The number of hydrogen-bond acceptors (Lipinski definition) is 2. The van der Waals surface area contributed by atoms with Gasteiger partial charge in [0.1, 0.15) is 0 Å². The molecule has 1 aromatic heterocycles. The molecule has 126 valence electrons. The highest BCUT2D eigenvalue weighted by Gasteiger charge is 2.18. The third-order valence-corrected chi connectivity index (χ3v) is 4.40. The Hall–Kier alpha value is -3.66. The van der Waals surface area contributed by atoms with E-state index >= 15 is 0 Å². The number of aromatic carboxylic acids is 1. The van der Waals surface area contributed by atoms with Crippen LogP contribution < -0.4 is 0 Å². The summed E-state index contributed by atoms with van der Waals surface area (Å²) < 4.78 is 1.40. The van der Waals surface area contributed by atoms with Crippen molar-refractivity contribution in [3.63, 3.8) is 0 Å². The van der Waals surface area contributed by atoms with E-state index in [1.807, 2.05) is 42.5 Å². The van der Waals surface area contributed by atoms with Crippen LogP contribution in [-0.4, -0.2) is 21.6 Å². The van der Waals surface area contributed by atoms with E-state index in [1.165, 1.54) is 10.8 Å². The second kappa shape index (κ2) is 6.33. The van der Waals surface area contributed by atoms with Gasteiger partial charge in [-0.3, -0.25) is 9.36 Å². The standard InChI is InChI=1S/C22H15NO3/c24-21(17-12-10-16(11-13-17)15-6-2-1-3-7-15)23-14-19(22(25)26)18-8-4-5-9-20(18)23/h1-14H,(H,25,26). The highest BCUT2D eigenvalue weighted by molar-refractivity contribution is 6.09. The maximum Gasteiger partial charge on any atom is 0.337 e. The Morgan fingerprint density at radius 3 is 2.04 bits per heavy atom. The largest absolute Gasteiger partial charge is 0.478 e. The zero-order valence-corrected chi connectivity index (χ0v) is 13.8. The molecule has 0 amide bonds. The predicted molar refractivity (Wildman–Crippen MR) is 101 cm³/mol. The maximum absolute atomic E-state index is 12.9. The zero-order chi connectivity index (χ0) is 18.1. The van der Waals surface area contributed by atoms with Crippen LogP contribution in [0.4, 0.5) is 0 Å². The molecule has 4 nitrogen and oxygen atoms in total. The van der Waals surface area contributed by atoms with Gasteiger partial charge in [-0.25, -0.2) is 4.79 Å². The average molecular weight is 341 g/mol. The number of aromatic nitrogens is 1. The molecule has 1 heterocycles. The highest BCUT2D eigenvalue weighted by Crippen LogP contribution is 2.24. The van der Waals surface area contributed by atoms with Crippen LogP contribution in [0.3, 0.4) is 0 Å². The van der Waals surface area contributed by atoms with Gasteiger partial charge in [-0.05, 0) is 29.3 Å². The van der Waals surface area contributed by atoms with Crippen molar-refractivity contribution in [1.29, 1.82) is 0 Å². The van der Waals surface area contributed by atoms with Gasteiger partial charge in [0.05, 0.1) is 11.1 Å². The summed E-state index contributed by atoms with van der Waals surface area (Å²) in [7, 11) is 0. The minimum absolute atomic E-state index is 0.120. The van der Waals surface area contributed by atoms with Crippen molar-refractivity contribution < 1.29 is 14.7 Å². The molecule has 26 heavy (non-hydrogen) atoms. The van der Waals surface area contributed by atoms with Crippen molar-refractivity contribution >= 4 is 22.8 Å². The third-order valence-electron chi connectivity index (χ3n) is 4.40. The van der Waals surface area contributed by atoms with Gasteiger partial charge >= 0.3 is 5.97 Å². The van der Waals surface area contributed by atoms with E-state index in [9.17, 15) is 14.7 Å². The molecule has 0 saturated carbocycles. The van der Waals surface area contributed by atoms with Gasteiger partial charge in [0.2, 0.25) is 0 Å². The fourth-order valence-electron chi connectivity index (χ4n) is 3.09. The fraction of sp³-hybridized carbons (Fsp3) is 0. The molecule has 0 atom stereocenters. The topological polar surface area (TPSA) is 59.3 Å². The first kappa shape index (κ1) is 15.8. The van der Waals surface area contributed by atoms with Gasteiger partial charge < -0.3 is 5.11 Å². The third kappa shape index (κ3) is 2.67. The van der Waals surface area contributed by atoms with Gasteiger partial charge in [0.15, 0.2) is 0 Å². The first-order valence-corrected chi connectivity index (χ1v) is 8.19. The van der Waals surface area contributed by atoms with E-state index in [0.29, 0.717) is 16.5 Å². The molecule has 4 rings (SSSR count). The van der Waals surface area contributed by atoms with Gasteiger partial charge in [-0.2, -0.15) is 0 Å². The molecule has 0 spiro atoms. The summed E-state index contributed by atoms with van der Waals surface area (Å²) in [6.45, 7) is 0. The number of para-hydroxylation sites is 1. The second-order valence-electron chi connectivity index (χ2n) is 5.98. The molecule has 0 aliphatic carbocycles. The van der Waals surface area contributed by atoms with E-state index < -0.39 is 5.97 Å². The number of carbonyl (C=O) groups excluding carboxylic acids is 1. The Kier molecular flexibility index (Phi) is 3.86. The molecule has 4 aromatic rings. The lowest BCUT2D eigenvalue weighted by Crippen LogP contribution is -2.10. The molecule has 0 radical (unpaired) electrons. The van der Waals surface area contributed by atoms with Gasteiger partial charge in [0, 0.05) is 17.1 Å². The summed E-state index contributed by atoms with van der Waals surface area (Å²) in [4.78, 5) is 24.4. The Balaban J connectivity index is 1.75. The van der Waals surface area contributed by atoms with Gasteiger partial charge in [-0.15, -0.1) is 0 Å². The van der Waals surface area contributed by atoms with Crippen molar-refractivity contribution in [2.75, 3.05) is 0 Å². The molecule has 0 bridgehead atoms. The first-order chi connectivity index (χ1) is 12.6. The number of rotatable bonds is 3. The lowest BCUT2D eigenvalue weighted by atomic mass is 10.0. The Morgan fingerprint density at radius 2 is 1.35 bits per heavy atom. The maximum atomic E-state index is 12.9. The Labute approximate surface area is 149 Å². The number of carbonyl (C=O) groups is 2. The van der Waals surface area contributed by atoms with Crippen molar-refractivity contribution in [3.8, 4) is 11.1 Å². The van der Waals surface area contributed by atoms with Crippen LogP contribution in [0.5, 0.6) is 0 Å². The highest BCUT2D eigenvalue weighted by atomic mass is 16.4. The molecular formula is C22H15NO3.